The van der Waals surface area contributed by atoms with Gasteiger partial charge in [-0.3, -0.25) is 0 Å². The van der Waals surface area contributed by atoms with Crippen LogP contribution in [-0.4, -0.2) is 24.1 Å². The smallest absolute Gasteiger partial charge is 0.102 e. The predicted octanol–water partition coefficient (Wildman–Crippen LogP) is 5.18. The zero-order valence-electron chi connectivity index (χ0n) is 18.6. The van der Waals surface area contributed by atoms with Gasteiger partial charge in [0.05, 0.1) is 0 Å². The van der Waals surface area contributed by atoms with E-state index in [4.69, 9.17) is 0 Å². The van der Waals surface area contributed by atoms with E-state index in [9.17, 15) is 5.11 Å². The second-order valence-electron chi connectivity index (χ2n) is 11.0. The lowest BCUT2D eigenvalue weighted by Gasteiger charge is -2.54. The van der Waals surface area contributed by atoms with Crippen molar-refractivity contribution in [3.63, 3.8) is 0 Å². The van der Waals surface area contributed by atoms with Crippen LogP contribution in [0, 0.1) is 22.2 Å². The van der Waals surface area contributed by atoms with Crippen molar-refractivity contribution in [2.24, 2.45) is 22.2 Å². The predicted molar refractivity (Wildman–Crippen MR) is 119 cm³/mol. The molecular weight excluding hydrogens is 354 g/mol. The number of rotatable bonds is 3. The molecule has 2 aromatic carbocycles. The van der Waals surface area contributed by atoms with E-state index in [-0.39, 0.29) is 16.2 Å². The summed E-state index contributed by atoms with van der Waals surface area (Å²) in [7, 11) is 4.24. The van der Waals surface area contributed by atoms with Gasteiger partial charge in [-0.2, -0.15) is 0 Å². The molecule has 2 heteroatoms. The van der Waals surface area contributed by atoms with Crippen molar-refractivity contribution in [1.82, 2.24) is 4.90 Å². The molecule has 2 aromatic rings. The van der Waals surface area contributed by atoms with Crippen LogP contribution in [0.1, 0.15) is 55.9 Å². The maximum atomic E-state index is 13.0. The van der Waals surface area contributed by atoms with Gasteiger partial charge in [-0.25, -0.2) is 0 Å². The molecule has 1 N–H and O–H groups in total. The lowest BCUT2D eigenvalue weighted by Crippen LogP contribution is -2.55. The third kappa shape index (κ3) is 2.15. The molecule has 3 aliphatic carbocycles. The normalized spacial score (nSPS) is 33.6. The molecule has 3 aliphatic rings. The molecule has 0 amide bonds. The van der Waals surface area contributed by atoms with Gasteiger partial charge in [0.15, 0.2) is 0 Å². The standard InChI is InChI=1S/C27H35NO/c1-24(2)23-14-15-25(24,3)27(29,22-13-9-8-12-21(22)18-28(4)5)26(23)16-19-10-6-7-11-20(19)17-26/h6-13,23,29H,14-18H2,1-5H3/t23-,25+,27+/m0/s1. The third-order valence-corrected chi connectivity index (χ3v) is 9.44. The second kappa shape index (κ2) is 5.95. The van der Waals surface area contributed by atoms with E-state index in [2.05, 4.69) is 88.3 Å². The molecule has 5 rings (SSSR count). The van der Waals surface area contributed by atoms with Crippen LogP contribution in [0.3, 0.4) is 0 Å². The van der Waals surface area contributed by atoms with Crippen molar-refractivity contribution < 1.29 is 5.11 Å². The molecule has 0 aromatic heterocycles. The lowest BCUT2D eigenvalue weighted by atomic mass is 9.54. The van der Waals surface area contributed by atoms with Crippen molar-refractivity contribution >= 4 is 0 Å². The summed E-state index contributed by atoms with van der Waals surface area (Å²) in [5.41, 5.74) is 4.39. The Kier molecular flexibility index (Phi) is 3.97. The van der Waals surface area contributed by atoms with Crippen LogP contribution in [-0.2, 0) is 25.0 Å². The summed E-state index contributed by atoms with van der Waals surface area (Å²) in [4.78, 5) is 2.22. The van der Waals surface area contributed by atoms with Gasteiger partial charge in [0, 0.05) is 17.4 Å². The summed E-state index contributed by atoms with van der Waals surface area (Å²) in [6.45, 7) is 8.11. The fourth-order valence-corrected chi connectivity index (χ4v) is 7.98. The Balaban J connectivity index is 1.77. The first kappa shape index (κ1) is 19.3. The molecular formula is C27H35NO. The van der Waals surface area contributed by atoms with Gasteiger partial charge in [-0.15, -0.1) is 0 Å². The van der Waals surface area contributed by atoms with Crippen LogP contribution >= 0.6 is 0 Å². The first-order valence-corrected chi connectivity index (χ1v) is 11.2. The Labute approximate surface area is 175 Å². The summed E-state index contributed by atoms with van der Waals surface area (Å²) in [6, 6.07) is 17.6. The number of nitrogens with zero attached hydrogens (tertiary/aromatic N) is 1. The van der Waals surface area contributed by atoms with Gasteiger partial charge in [-0.05, 0) is 73.4 Å². The molecule has 0 aliphatic heterocycles. The summed E-state index contributed by atoms with van der Waals surface area (Å²) >= 11 is 0. The number of aliphatic hydroxyl groups is 1. The van der Waals surface area contributed by atoms with Crippen LogP contribution in [0.25, 0.3) is 0 Å². The maximum Gasteiger partial charge on any atom is 0.102 e. The van der Waals surface area contributed by atoms with Crippen LogP contribution < -0.4 is 0 Å². The Morgan fingerprint density at radius 1 is 0.931 bits per heavy atom. The quantitative estimate of drug-likeness (QED) is 0.782. The van der Waals surface area contributed by atoms with Crippen molar-refractivity contribution in [2.75, 3.05) is 14.1 Å². The molecule has 2 nitrogen and oxygen atoms in total. The lowest BCUT2D eigenvalue weighted by molar-refractivity contribution is -0.169. The zero-order chi connectivity index (χ0) is 20.7. The maximum absolute atomic E-state index is 13.0. The highest BCUT2D eigenvalue weighted by Crippen LogP contribution is 2.81. The topological polar surface area (TPSA) is 23.5 Å². The summed E-state index contributed by atoms with van der Waals surface area (Å²) in [5.74, 6) is 0.532. The van der Waals surface area contributed by atoms with Gasteiger partial charge in [0.2, 0.25) is 0 Å². The van der Waals surface area contributed by atoms with Crippen molar-refractivity contribution in [2.45, 2.75) is 58.6 Å². The van der Waals surface area contributed by atoms with Gasteiger partial charge >= 0.3 is 0 Å². The average Bonchev–Trinajstić information content (AvgIpc) is 3.19. The molecule has 2 fully saturated rings. The van der Waals surface area contributed by atoms with E-state index in [1.54, 1.807) is 0 Å². The first-order valence-electron chi connectivity index (χ1n) is 11.2. The monoisotopic (exact) mass is 389 g/mol. The second-order valence-corrected chi connectivity index (χ2v) is 11.0. The van der Waals surface area contributed by atoms with E-state index in [1.165, 1.54) is 28.7 Å². The Morgan fingerprint density at radius 2 is 1.52 bits per heavy atom. The number of hydrogen-bond acceptors (Lipinski definition) is 2. The van der Waals surface area contributed by atoms with Gasteiger partial charge in [0.1, 0.15) is 5.60 Å². The largest absolute Gasteiger partial charge is 0.384 e. The molecule has 0 heterocycles. The Hall–Kier alpha value is -1.64. The SMILES string of the molecule is CN(C)Cc1ccccc1[C@]1(O)C2(Cc3ccccc3C2)[C@H]2CC[C@]1(C)C2(C)C. The third-order valence-electron chi connectivity index (χ3n) is 9.44. The van der Waals surface area contributed by atoms with Crippen LogP contribution in [0.4, 0.5) is 0 Å². The van der Waals surface area contributed by atoms with Gasteiger partial charge in [-0.1, -0.05) is 69.3 Å². The first-order chi connectivity index (χ1) is 13.7. The van der Waals surface area contributed by atoms with Crippen molar-refractivity contribution in [3.05, 3.63) is 70.8 Å². The van der Waals surface area contributed by atoms with E-state index in [0.29, 0.717) is 5.92 Å². The molecule has 0 saturated heterocycles. The van der Waals surface area contributed by atoms with Crippen LogP contribution in [0.5, 0.6) is 0 Å². The number of hydrogen-bond donors (Lipinski definition) is 1. The summed E-state index contributed by atoms with van der Waals surface area (Å²) in [5, 5.41) is 13.0. The molecule has 0 radical (unpaired) electrons. The molecule has 29 heavy (non-hydrogen) atoms. The number of fused-ring (bicyclic) bond motifs is 4. The van der Waals surface area contributed by atoms with Gasteiger partial charge in [0.25, 0.3) is 0 Å². The molecule has 2 bridgehead atoms. The van der Waals surface area contributed by atoms with Crippen molar-refractivity contribution in [3.8, 4) is 0 Å². The fourth-order valence-electron chi connectivity index (χ4n) is 7.98. The average molecular weight is 390 g/mol. The van der Waals surface area contributed by atoms with E-state index in [0.717, 1.165) is 25.8 Å². The molecule has 3 atom stereocenters. The minimum absolute atomic E-state index is 0.106. The minimum atomic E-state index is -0.821. The number of benzene rings is 2. The zero-order valence-corrected chi connectivity index (χ0v) is 18.6. The highest BCUT2D eigenvalue weighted by Gasteiger charge is 2.80. The Morgan fingerprint density at radius 3 is 2.14 bits per heavy atom. The van der Waals surface area contributed by atoms with Gasteiger partial charge < -0.3 is 10.0 Å². The van der Waals surface area contributed by atoms with E-state index < -0.39 is 5.60 Å². The highest BCUT2D eigenvalue weighted by atomic mass is 16.3. The van der Waals surface area contributed by atoms with E-state index in [1.807, 2.05) is 0 Å². The molecule has 2 saturated carbocycles. The summed E-state index contributed by atoms with van der Waals surface area (Å²) in [6.07, 6.45) is 4.34. The minimum Gasteiger partial charge on any atom is -0.384 e. The van der Waals surface area contributed by atoms with Crippen LogP contribution in [0.15, 0.2) is 48.5 Å². The van der Waals surface area contributed by atoms with E-state index >= 15 is 0 Å². The summed E-state index contributed by atoms with van der Waals surface area (Å²) < 4.78 is 0. The highest BCUT2D eigenvalue weighted by molar-refractivity contribution is 5.47. The molecule has 154 valence electrons. The van der Waals surface area contributed by atoms with Crippen LogP contribution in [0.2, 0.25) is 0 Å². The van der Waals surface area contributed by atoms with Crippen molar-refractivity contribution in [1.29, 1.82) is 0 Å². The fraction of sp³-hybridized carbons (Fsp3) is 0.556. The molecule has 1 spiro atoms. The Bertz CT molecular complexity index is 936. The molecule has 0 unspecified atom stereocenters.